The minimum atomic E-state index is -0.313. The summed E-state index contributed by atoms with van der Waals surface area (Å²) in [5, 5.41) is 3.82. The molecule has 2 aromatic rings. The van der Waals surface area contributed by atoms with Gasteiger partial charge in [0.05, 0.1) is 19.3 Å². The molecule has 0 aliphatic carbocycles. The molecule has 1 aromatic carbocycles. The highest BCUT2D eigenvalue weighted by Gasteiger charge is 2.21. The van der Waals surface area contributed by atoms with Gasteiger partial charge in [-0.05, 0) is 43.5 Å². The van der Waals surface area contributed by atoms with E-state index in [0.717, 1.165) is 10.1 Å². The van der Waals surface area contributed by atoms with E-state index in [1.807, 2.05) is 25.1 Å². The number of rotatable bonds is 3. The molecule has 2 amide bonds. The lowest BCUT2D eigenvalue weighted by Crippen LogP contribution is -2.46. The van der Waals surface area contributed by atoms with Crippen LogP contribution in [0, 0.1) is 0 Å². The van der Waals surface area contributed by atoms with Crippen molar-refractivity contribution in [2.75, 3.05) is 31.6 Å². The summed E-state index contributed by atoms with van der Waals surface area (Å²) in [5.41, 5.74) is 0.708. The number of anilines is 1. The van der Waals surface area contributed by atoms with Gasteiger partial charge in [-0.2, -0.15) is 0 Å². The fraction of sp³-hybridized carbons (Fsp3) is 0.412. The van der Waals surface area contributed by atoms with Crippen LogP contribution in [0.25, 0.3) is 10.1 Å². The minimum Gasteiger partial charge on any atom is -0.462 e. The average molecular weight is 348 g/mol. The normalized spacial score (nSPS) is 17.8. The summed E-state index contributed by atoms with van der Waals surface area (Å²) in [6.45, 7) is 5.82. The van der Waals surface area contributed by atoms with Crippen LogP contribution in [0.15, 0.2) is 24.3 Å². The van der Waals surface area contributed by atoms with Crippen molar-refractivity contribution in [3.63, 3.8) is 0 Å². The van der Waals surface area contributed by atoms with Gasteiger partial charge in [-0.15, -0.1) is 11.3 Å². The number of thiophene rings is 1. The maximum absolute atomic E-state index is 12.3. The smallest absolute Gasteiger partial charge is 0.348 e. The molecule has 1 unspecified atom stereocenters. The van der Waals surface area contributed by atoms with Crippen LogP contribution in [-0.4, -0.2) is 49.3 Å². The number of carbonyl (C=O) groups excluding carboxylic acids is 2. The average Bonchev–Trinajstić information content (AvgIpc) is 2.98. The fourth-order valence-electron chi connectivity index (χ4n) is 2.63. The summed E-state index contributed by atoms with van der Waals surface area (Å²) in [5.74, 6) is -0.313. The molecule has 24 heavy (non-hydrogen) atoms. The number of nitrogens with one attached hydrogen (secondary N) is 1. The molecule has 0 radical (unpaired) electrons. The third-order valence-corrected chi connectivity index (χ3v) is 4.87. The van der Waals surface area contributed by atoms with Gasteiger partial charge in [0.15, 0.2) is 0 Å². The van der Waals surface area contributed by atoms with Gasteiger partial charge in [0.25, 0.3) is 0 Å². The maximum Gasteiger partial charge on any atom is 0.348 e. The molecular formula is C17H20N2O4S. The van der Waals surface area contributed by atoms with Crippen LogP contribution < -0.4 is 5.32 Å². The first-order valence-corrected chi connectivity index (χ1v) is 8.76. The second-order valence-corrected chi connectivity index (χ2v) is 6.73. The van der Waals surface area contributed by atoms with Crippen molar-refractivity contribution < 1.29 is 19.1 Å². The molecule has 3 rings (SSSR count). The van der Waals surface area contributed by atoms with Crippen LogP contribution >= 0.6 is 11.3 Å². The standard InChI is InChI=1S/C17H20N2O4S/c1-3-22-16(20)15-9-12-8-13(4-5-14(12)24-15)18-17(21)19-6-7-23-11(2)10-19/h4-5,8-9,11H,3,6-7,10H2,1-2H3,(H,18,21). The Morgan fingerprint density at radius 2 is 2.25 bits per heavy atom. The molecule has 128 valence electrons. The highest BCUT2D eigenvalue weighted by Crippen LogP contribution is 2.28. The molecule has 0 saturated carbocycles. The molecule has 1 N–H and O–H groups in total. The van der Waals surface area contributed by atoms with Gasteiger partial charge in [-0.25, -0.2) is 9.59 Å². The van der Waals surface area contributed by atoms with E-state index < -0.39 is 0 Å². The highest BCUT2D eigenvalue weighted by molar-refractivity contribution is 7.20. The Morgan fingerprint density at radius 3 is 3.00 bits per heavy atom. The Hall–Kier alpha value is -2.12. The van der Waals surface area contributed by atoms with E-state index in [4.69, 9.17) is 9.47 Å². The zero-order valence-corrected chi connectivity index (χ0v) is 14.5. The van der Waals surface area contributed by atoms with Crippen molar-refractivity contribution in [2.24, 2.45) is 0 Å². The lowest BCUT2D eigenvalue weighted by Gasteiger charge is -2.31. The number of fused-ring (bicyclic) bond motifs is 1. The van der Waals surface area contributed by atoms with Gasteiger partial charge < -0.3 is 19.7 Å². The number of morpholine rings is 1. The summed E-state index contributed by atoms with van der Waals surface area (Å²) >= 11 is 1.39. The highest BCUT2D eigenvalue weighted by atomic mass is 32.1. The summed E-state index contributed by atoms with van der Waals surface area (Å²) in [6, 6.07) is 7.28. The van der Waals surface area contributed by atoms with E-state index in [9.17, 15) is 9.59 Å². The van der Waals surface area contributed by atoms with Crippen molar-refractivity contribution in [2.45, 2.75) is 20.0 Å². The number of ether oxygens (including phenoxy) is 2. The van der Waals surface area contributed by atoms with E-state index in [0.29, 0.717) is 36.9 Å². The third kappa shape index (κ3) is 3.68. The molecule has 1 atom stereocenters. The molecule has 0 spiro atoms. The number of esters is 1. The van der Waals surface area contributed by atoms with Crippen molar-refractivity contribution in [1.29, 1.82) is 0 Å². The zero-order valence-electron chi connectivity index (χ0n) is 13.7. The monoisotopic (exact) mass is 348 g/mol. The lowest BCUT2D eigenvalue weighted by molar-refractivity contribution is -0.00138. The minimum absolute atomic E-state index is 0.0518. The van der Waals surface area contributed by atoms with Crippen molar-refractivity contribution in [3.8, 4) is 0 Å². The predicted octanol–water partition coefficient (Wildman–Crippen LogP) is 3.33. The number of amides is 2. The largest absolute Gasteiger partial charge is 0.462 e. The predicted molar refractivity (Wildman–Crippen MR) is 93.8 cm³/mol. The molecule has 1 aromatic heterocycles. The van der Waals surface area contributed by atoms with Gasteiger partial charge in [0.1, 0.15) is 4.88 Å². The lowest BCUT2D eigenvalue weighted by atomic mass is 10.2. The van der Waals surface area contributed by atoms with Crippen LogP contribution in [0.2, 0.25) is 0 Å². The maximum atomic E-state index is 12.3. The number of nitrogens with zero attached hydrogens (tertiary/aromatic N) is 1. The molecule has 1 saturated heterocycles. The van der Waals surface area contributed by atoms with Gasteiger partial charge in [-0.1, -0.05) is 0 Å². The first kappa shape index (κ1) is 16.7. The third-order valence-electron chi connectivity index (χ3n) is 3.77. The van der Waals surface area contributed by atoms with E-state index in [-0.39, 0.29) is 18.1 Å². The second-order valence-electron chi connectivity index (χ2n) is 5.64. The van der Waals surface area contributed by atoms with Crippen LogP contribution in [0.5, 0.6) is 0 Å². The topological polar surface area (TPSA) is 67.9 Å². The first-order chi connectivity index (χ1) is 11.6. The van der Waals surface area contributed by atoms with Gasteiger partial charge >= 0.3 is 12.0 Å². The molecule has 1 aliphatic rings. The van der Waals surface area contributed by atoms with Crippen molar-refractivity contribution in [1.82, 2.24) is 4.90 Å². The van der Waals surface area contributed by atoms with Crippen LogP contribution in [0.3, 0.4) is 0 Å². The number of urea groups is 1. The van der Waals surface area contributed by atoms with Gasteiger partial charge in [-0.3, -0.25) is 0 Å². The van der Waals surface area contributed by atoms with E-state index >= 15 is 0 Å². The van der Waals surface area contributed by atoms with Crippen molar-refractivity contribution in [3.05, 3.63) is 29.1 Å². The fourth-order valence-corrected chi connectivity index (χ4v) is 3.57. The van der Waals surface area contributed by atoms with Gasteiger partial charge in [0, 0.05) is 23.5 Å². The van der Waals surface area contributed by atoms with E-state index in [2.05, 4.69) is 5.32 Å². The second kappa shape index (κ2) is 7.19. The Labute approximate surface area is 144 Å². The number of hydrogen-bond acceptors (Lipinski definition) is 5. The Bertz CT molecular complexity index is 758. The molecular weight excluding hydrogens is 328 g/mol. The Morgan fingerprint density at radius 1 is 1.42 bits per heavy atom. The summed E-state index contributed by atoms with van der Waals surface area (Å²) in [7, 11) is 0. The molecule has 0 bridgehead atoms. The number of hydrogen-bond donors (Lipinski definition) is 1. The van der Waals surface area contributed by atoms with Crippen LogP contribution in [0.1, 0.15) is 23.5 Å². The number of carbonyl (C=O) groups is 2. The zero-order chi connectivity index (χ0) is 17.1. The number of benzene rings is 1. The van der Waals surface area contributed by atoms with Crippen LogP contribution in [0.4, 0.5) is 10.5 Å². The quantitative estimate of drug-likeness (QED) is 0.864. The Kier molecular flexibility index (Phi) is 5.01. The molecule has 6 nitrogen and oxygen atoms in total. The molecule has 1 fully saturated rings. The van der Waals surface area contributed by atoms with E-state index in [1.165, 1.54) is 11.3 Å². The van der Waals surface area contributed by atoms with Crippen LogP contribution in [-0.2, 0) is 9.47 Å². The summed E-state index contributed by atoms with van der Waals surface area (Å²) in [6.07, 6.45) is 0.0518. The Balaban J connectivity index is 1.73. The summed E-state index contributed by atoms with van der Waals surface area (Å²) in [4.78, 5) is 26.5. The van der Waals surface area contributed by atoms with Gasteiger partial charge in [0.2, 0.25) is 0 Å². The molecule has 2 heterocycles. The molecule has 1 aliphatic heterocycles. The SMILES string of the molecule is CCOC(=O)c1cc2cc(NC(=O)N3CCOC(C)C3)ccc2s1. The molecule has 7 heteroatoms. The van der Waals surface area contributed by atoms with Crippen molar-refractivity contribution >= 4 is 39.1 Å². The van der Waals surface area contributed by atoms with E-state index in [1.54, 1.807) is 17.9 Å². The first-order valence-electron chi connectivity index (χ1n) is 7.95. The summed E-state index contributed by atoms with van der Waals surface area (Å²) < 4.78 is 11.5.